The van der Waals surface area contributed by atoms with Crippen LogP contribution in [0.25, 0.3) is 0 Å². The van der Waals surface area contributed by atoms with Crippen molar-refractivity contribution >= 4 is 5.97 Å². The summed E-state index contributed by atoms with van der Waals surface area (Å²) in [4.78, 5) is 13.8. The molecule has 0 aliphatic heterocycles. The van der Waals surface area contributed by atoms with Crippen molar-refractivity contribution in [3.05, 3.63) is 71.8 Å². The molecule has 2 aromatic carbocycles. The van der Waals surface area contributed by atoms with E-state index < -0.39 is 18.2 Å². The predicted octanol–water partition coefficient (Wildman–Crippen LogP) is 4.51. The number of alkyl halides is 1. The Bertz CT molecular complexity index is 650. The highest BCUT2D eigenvalue weighted by Gasteiger charge is 2.39. The Kier molecular flexibility index (Phi) is 6.40. The molecule has 138 valence electrons. The third-order valence-electron chi connectivity index (χ3n) is 4.94. The van der Waals surface area contributed by atoms with Gasteiger partial charge in [-0.2, -0.15) is 0 Å². The van der Waals surface area contributed by atoms with Crippen LogP contribution >= 0.6 is 0 Å². The molecule has 0 aromatic heterocycles. The van der Waals surface area contributed by atoms with Gasteiger partial charge in [-0.15, -0.1) is 0 Å². The first-order valence-electron chi connectivity index (χ1n) is 9.26. The number of ether oxygens (including phenoxy) is 1. The van der Waals surface area contributed by atoms with Gasteiger partial charge in [-0.05, 0) is 30.4 Å². The fourth-order valence-corrected chi connectivity index (χ4v) is 3.75. The van der Waals surface area contributed by atoms with E-state index in [9.17, 15) is 9.18 Å². The number of benzene rings is 2. The van der Waals surface area contributed by atoms with E-state index in [1.807, 2.05) is 36.4 Å². The normalized spacial score (nSPS) is 23.0. The van der Waals surface area contributed by atoms with Gasteiger partial charge in [0.25, 0.3) is 0 Å². The molecule has 0 spiro atoms. The summed E-state index contributed by atoms with van der Waals surface area (Å²) in [5.41, 5.74) is 2.34. The molecule has 3 atom stereocenters. The standard InChI is InChI=1S/C22H26FNO2/c1-17(25)26-22-20(23)13-8-14-21(22)24(15-18-9-4-2-5-10-18)16-19-11-6-3-7-12-19/h2-7,9-12,20-22H,8,13-16H2,1H3/t20-,21-,22+/m1/s1. The van der Waals surface area contributed by atoms with Crippen LogP contribution in [-0.4, -0.2) is 29.2 Å². The second-order valence-electron chi connectivity index (χ2n) is 6.96. The van der Waals surface area contributed by atoms with Crippen LogP contribution in [0.4, 0.5) is 4.39 Å². The van der Waals surface area contributed by atoms with Gasteiger partial charge in [0.2, 0.25) is 0 Å². The van der Waals surface area contributed by atoms with Crippen molar-refractivity contribution < 1.29 is 13.9 Å². The lowest BCUT2D eigenvalue weighted by Crippen LogP contribution is -2.51. The van der Waals surface area contributed by atoms with Gasteiger partial charge in [0.05, 0.1) is 6.04 Å². The van der Waals surface area contributed by atoms with E-state index in [0.29, 0.717) is 19.5 Å². The summed E-state index contributed by atoms with van der Waals surface area (Å²) in [6, 6.07) is 20.2. The Balaban J connectivity index is 1.85. The van der Waals surface area contributed by atoms with Gasteiger partial charge in [0, 0.05) is 20.0 Å². The summed E-state index contributed by atoms with van der Waals surface area (Å²) in [6.45, 7) is 2.76. The molecule has 0 heterocycles. The average molecular weight is 355 g/mol. The molecule has 0 unspecified atom stereocenters. The number of halogens is 1. The topological polar surface area (TPSA) is 29.5 Å². The van der Waals surface area contributed by atoms with Crippen LogP contribution in [-0.2, 0) is 22.6 Å². The minimum atomic E-state index is -1.10. The maximum atomic E-state index is 14.6. The van der Waals surface area contributed by atoms with E-state index in [-0.39, 0.29) is 6.04 Å². The van der Waals surface area contributed by atoms with Crippen molar-refractivity contribution in [2.24, 2.45) is 0 Å². The highest BCUT2D eigenvalue weighted by molar-refractivity contribution is 5.66. The Hall–Kier alpha value is -2.20. The molecule has 3 nitrogen and oxygen atoms in total. The molecule has 1 aliphatic carbocycles. The summed E-state index contributed by atoms with van der Waals surface area (Å²) >= 11 is 0. The minimum absolute atomic E-state index is 0.122. The number of hydrogen-bond acceptors (Lipinski definition) is 3. The van der Waals surface area contributed by atoms with Crippen LogP contribution < -0.4 is 0 Å². The summed E-state index contributed by atoms with van der Waals surface area (Å²) in [7, 11) is 0. The summed E-state index contributed by atoms with van der Waals surface area (Å²) in [5, 5.41) is 0. The Morgan fingerprint density at radius 2 is 1.54 bits per heavy atom. The molecule has 0 radical (unpaired) electrons. The minimum Gasteiger partial charge on any atom is -0.458 e. The lowest BCUT2D eigenvalue weighted by molar-refractivity contribution is -0.158. The number of nitrogens with zero attached hydrogens (tertiary/aromatic N) is 1. The zero-order valence-electron chi connectivity index (χ0n) is 15.2. The lowest BCUT2D eigenvalue weighted by atomic mass is 9.89. The molecule has 4 heteroatoms. The molecule has 26 heavy (non-hydrogen) atoms. The number of carbonyl (C=O) groups is 1. The maximum Gasteiger partial charge on any atom is 0.303 e. The molecule has 0 saturated heterocycles. The maximum absolute atomic E-state index is 14.6. The fourth-order valence-electron chi connectivity index (χ4n) is 3.75. The molecule has 1 aliphatic rings. The third-order valence-corrected chi connectivity index (χ3v) is 4.94. The summed E-state index contributed by atoms with van der Waals surface area (Å²) < 4.78 is 20.0. The van der Waals surface area contributed by atoms with Crippen molar-refractivity contribution in [1.29, 1.82) is 0 Å². The van der Waals surface area contributed by atoms with Crippen LogP contribution in [0.3, 0.4) is 0 Å². The van der Waals surface area contributed by atoms with Crippen LogP contribution in [0.5, 0.6) is 0 Å². The number of rotatable bonds is 6. The van der Waals surface area contributed by atoms with Gasteiger partial charge in [0.15, 0.2) is 0 Å². The summed E-state index contributed by atoms with van der Waals surface area (Å²) in [5.74, 6) is -0.413. The molecule has 0 N–H and O–H groups in total. The van der Waals surface area contributed by atoms with Crippen LogP contribution in [0.1, 0.15) is 37.3 Å². The van der Waals surface area contributed by atoms with Gasteiger partial charge < -0.3 is 4.74 Å². The molecule has 3 rings (SSSR count). The quantitative estimate of drug-likeness (QED) is 0.714. The Labute approximate surface area is 154 Å². The smallest absolute Gasteiger partial charge is 0.303 e. The van der Waals surface area contributed by atoms with Crippen molar-refractivity contribution in [3.63, 3.8) is 0 Å². The highest BCUT2D eigenvalue weighted by Crippen LogP contribution is 2.30. The van der Waals surface area contributed by atoms with Crippen LogP contribution in [0.2, 0.25) is 0 Å². The van der Waals surface area contributed by atoms with Crippen molar-refractivity contribution in [2.75, 3.05) is 0 Å². The van der Waals surface area contributed by atoms with Gasteiger partial charge >= 0.3 is 5.97 Å². The van der Waals surface area contributed by atoms with Crippen molar-refractivity contribution in [3.8, 4) is 0 Å². The lowest BCUT2D eigenvalue weighted by Gasteiger charge is -2.41. The zero-order chi connectivity index (χ0) is 18.4. The molecular formula is C22H26FNO2. The second-order valence-corrected chi connectivity index (χ2v) is 6.96. The van der Waals surface area contributed by atoms with Gasteiger partial charge in [-0.25, -0.2) is 4.39 Å². The molecular weight excluding hydrogens is 329 g/mol. The fraction of sp³-hybridized carbons (Fsp3) is 0.409. The molecule has 0 bridgehead atoms. The van der Waals surface area contributed by atoms with E-state index in [1.54, 1.807) is 0 Å². The SMILES string of the molecule is CC(=O)O[C@H]1[C@H](F)CCC[C@H]1N(Cc1ccccc1)Cc1ccccc1. The van der Waals surface area contributed by atoms with E-state index in [4.69, 9.17) is 4.74 Å². The highest BCUT2D eigenvalue weighted by atomic mass is 19.1. The second kappa shape index (κ2) is 8.95. The number of carbonyl (C=O) groups excluding carboxylic acids is 1. The number of hydrogen-bond donors (Lipinski definition) is 0. The van der Waals surface area contributed by atoms with E-state index >= 15 is 0 Å². The van der Waals surface area contributed by atoms with Gasteiger partial charge in [0.1, 0.15) is 12.3 Å². The first kappa shape index (κ1) is 18.6. The Morgan fingerprint density at radius 1 is 1.00 bits per heavy atom. The monoisotopic (exact) mass is 355 g/mol. The zero-order valence-corrected chi connectivity index (χ0v) is 15.2. The van der Waals surface area contributed by atoms with Gasteiger partial charge in [-0.3, -0.25) is 9.69 Å². The number of esters is 1. The van der Waals surface area contributed by atoms with Crippen LogP contribution in [0, 0.1) is 0 Å². The Morgan fingerprint density at radius 3 is 2.04 bits per heavy atom. The first-order valence-corrected chi connectivity index (χ1v) is 9.26. The summed E-state index contributed by atoms with van der Waals surface area (Å²) in [6.07, 6.45) is 0.293. The molecule has 0 amide bonds. The third kappa shape index (κ3) is 4.92. The van der Waals surface area contributed by atoms with Crippen molar-refractivity contribution in [2.45, 2.75) is 57.6 Å². The average Bonchev–Trinajstić information content (AvgIpc) is 2.64. The molecule has 1 saturated carbocycles. The molecule has 1 fully saturated rings. The van der Waals surface area contributed by atoms with Crippen LogP contribution in [0.15, 0.2) is 60.7 Å². The van der Waals surface area contributed by atoms with E-state index in [1.165, 1.54) is 18.1 Å². The van der Waals surface area contributed by atoms with E-state index in [2.05, 4.69) is 29.2 Å². The molecule has 2 aromatic rings. The first-order chi connectivity index (χ1) is 12.6. The predicted molar refractivity (Wildman–Crippen MR) is 100 cm³/mol. The van der Waals surface area contributed by atoms with Gasteiger partial charge in [-0.1, -0.05) is 60.7 Å². The largest absolute Gasteiger partial charge is 0.458 e. The van der Waals surface area contributed by atoms with E-state index in [0.717, 1.165) is 12.8 Å². The van der Waals surface area contributed by atoms with Crippen molar-refractivity contribution in [1.82, 2.24) is 4.90 Å².